The van der Waals surface area contributed by atoms with E-state index in [1.807, 2.05) is 6.07 Å². The maximum Gasteiger partial charge on any atom is 0.414 e. The topological polar surface area (TPSA) is 112 Å². The molecule has 3 aromatic rings. The zero-order valence-corrected chi connectivity index (χ0v) is 16.8. The van der Waals surface area contributed by atoms with Crippen molar-refractivity contribution in [2.75, 3.05) is 13.7 Å². The number of aromatic nitrogens is 1. The van der Waals surface area contributed by atoms with Gasteiger partial charge in [-0.1, -0.05) is 24.3 Å². The summed E-state index contributed by atoms with van der Waals surface area (Å²) in [5.74, 6) is -2.78. The molecule has 7 nitrogen and oxygen atoms in total. The quantitative estimate of drug-likeness (QED) is 0.339. The lowest BCUT2D eigenvalue weighted by Gasteiger charge is -2.08. The first-order valence-electron chi connectivity index (χ1n) is 8.46. The lowest BCUT2D eigenvalue weighted by atomic mass is 10.1. The Labute approximate surface area is 170 Å². The molecule has 0 radical (unpaired) electrons. The maximum atomic E-state index is 9.10. The van der Waals surface area contributed by atoms with E-state index in [1.54, 1.807) is 7.11 Å². The van der Waals surface area contributed by atoms with E-state index >= 15 is 0 Å². The summed E-state index contributed by atoms with van der Waals surface area (Å²) in [6.45, 7) is 1.80. The van der Waals surface area contributed by atoms with Crippen LogP contribution in [-0.4, -0.2) is 40.8 Å². The number of H-pyrrole nitrogens is 1. The smallest absolute Gasteiger partial charge is 0.414 e. The van der Waals surface area contributed by atoms with Crippen molar-refractivity contribution in [1.82, 2.24) is 10.3 Å². The molecule has 0 fully saturated rings. The number of carboxylic acids is 2. The Balaban J connectivity index is 0.000000409. The number of methoxy groups -OCH3 is 1. The van der Waals surface area contributed by atoms with E-state index < -0.39 is 11.9 Å². The molecule has 0 aliphatic heterocycles. The summed E-state index contributed by atoms with van der Waals surface area (Å²) in [5.41, 5.74) is 3.81. The molecule has 0 amide bonds. The summed E-state index contributed by atoms with van der Waals surface area (Å²) in [4.78, 5) is 21.5. The van der Waals surface area contributed by atoms with Crippen molar-refractivity contribution in [1.29, 1.82) is 0 Å². The summed E-state index contributed by atoms with van der Waals surface area (Å²) in [5, 5.41) is 19.6. The van der Waals surface area contributed by atoms with Gasteiger partial charge in [0.2, 0.25) is 0 Å². The zero-order valence-electron chi connectivity index (χ0n) is 15.2. The number of nitrogens with one attached hydrogen (secondary N) is 2. The molecule has 28 heavy (non-hydrogen) atoms. The molecule has 0 aliphatic rings. The summed E-state index contributed by atoms with van der Waals surface area (Å²) < 4.78 is 6.24. The van der Waals surface area contributed by atoms with Crippen LogP contribution in [0.4, 0.5) is 0 Å². The number of carboxylic acid groups (broad SMARTS) is 2. The number of fused-ring (bicyclic) bond motifs is 1. The van der Waals surface area contributed by atoms with Crippen LogP contribution < -0.4 is 10.1 Å². The van der Waals surface area contributed by atoms with Gasteiger partial charge in [-0.05, 0) is 58.2 Å². The van der Waals surface area contributed by atoms with Gasteiger partial charge in [-0.15, -0.1) is 0 Å². The molecule has 8 heteroatoms. The Kier molecular flexibility index (Phi) is 8.03. The number of aromatic amines is 1. The van der Waals surface area contributed by atoms with Gasteiger partial charge < -0.3 is 25.3 Å². The van der Waals surface area contributed by atoms with Crippen LogP contribution in [0.1, 0.15) is 11.1 Å². The molecule has 0 saturated carbocycles. The molecule has 0 bridgehead atoms. The molecular formula is C20H21BrN2O5. The number of carbonyl (C=O) groups is 2. The molecule has 3 rings (SSSR count). The minimum absolute atomic E-state index is 0.852. The fourth-order valence-corrected chi connectivity index (χ4v) is 3.20. The number of hydrogen-bond donors (Lipinski definition) is 4. The molecule has 0 spiro atoms. The summed E-state index contributed by atoms with van der Waals surface area (Å²) in [6, 6.07) is 14.6. The monoisotopic (exact) mass is 448 g/mol. The lowest BCUT2D eigenvalue weighted by Crippen LogP contribution is -2.16. The van der Waals surface area contributed by atoms with Crippen LogP contribution in [0.2, 0.25) is 0 Å². The van der Waals surface area contributed by atoms with Gasteiger partial charge in [0, 0.05) is 23.6 Å². The average Bonchev–Trinajstić information content (AvgIpc) is 3.09. The van der Waals surface area contributed by atoms with E-state index in [-0.39, 0.29) is 0 Å². The molecular weight excluding hydrogens is 428 g/mol. The average molecular weight is 449 g/mol. The molecule has 1 aromatic heterocycles. The van der Waals surface area contributed by atoms with E-state index in [2.05, 4.69) is 68.8 Å². The standard InChI is InChI=1S/C18H19BrN2O.C2H2O4/c1-22-18-7-6-13(10-16(18)19)11-20-9-8-14-12-21-17-5-3-2-4-15(14)17;3-1(4)2(5)6/h2-7,10,12,20-21H,8-9,11H2,1H3;(H,3,4)(H,5,6). The van der Waals surface area contributed by atoms with Crippen LogP contribution >= 0.6 is 15.9 Å². The first kappa shape index (κ1) is 21.5. The van der Waals surface area contributed by atoms with Crippen LogP contribution in [0.15, 0.2) is 53.1 Å². The largest absolute Gasteiger partial charge is 0.496 e. The van der Waals surface area contributed by atoms with Gasteiger partial charge in [0.25, 0.3) is 0 Å². The van der Waals surface area contributed by atoms with Crippen LogP contribution in [0.25, 0.3) is 10.9 Å². The van der Waals surface area contributed by atoms with Crippen molar-refractivity contribution in [2.45, 2.75) is 13.0 Å². The molecule has 0 saturated heterocycles. The number of hydrogen-bond acceptors (Lipinski definition) is 4. The molecule has 0 atom stereocenters. The number of ether oxygens (including phenoxy) is 1. The Morgan fingerprint density at radius 3 is 2.50 bits per heavy atom. The maximum absolute atomic E-state index is 9.10. The normalized spacial score (nSPS) is 10.2. The third kappa shape index (κ3) is 6.11. The highest BCUT2D eigenvalue weighted by Gasteiger charge is 2.04. The van der Waals surface area contributed by atoms with Crippen molar-refractivity contribution >= 4 is 38.8 Å². The van der Waals surface area contributed by atoms with E-state index in [0.29, 0.717) is 0 Å². The Morgan fingerprint density at radius 1 is 1.14 bits per heavy atom. The van der Waals surface area contributed by atoms with Crippen molar-refractivity contribution in [3.63, 3.8) is 0 Å². The summed E-state index contributed by atoms with van der Waals surface area (Å²) in [7, 11) is 1.68. The molecule has 148 valence electrons. The minimum Gasteiger partial charge on any atom is -0.496 e. The first-order chi connectivity index (χ1) is 13.4. The van der Waals surface area contributed by atoms with E-state index in [1.165, 1.54) is 22.0 Å². The van der Waals surface area contributed by atoms with Crippen LogP contribution in [0, 0.1) is 0 Å². The second kappa shape index (κ2) is 10.5. The Hall–Kier alpha value is -2.84. The van der Waals surface area contributed by atoms with Crippen molar-refractivity contribution in [2.24, 2.45) is 0 Å². The van der Waals surface area contributed by atoms with E-state index in [4.69, 9.17) is 24.5 Å². The summed E-state index contributed by atoms with van der Waals surface area (Å²) in [6.07, 6.45) is 3.12. The van der Waals surface area contributed by atoms with Crippen molar-refractivity contribution < 1.29 is 24.5 Å². The SMILES string of the molecule is COc1ccc(CNCCc2c[nH]c3ccccc23)cc1Br.O=C(O)C(=O)O. The third-order valence-electron chi connectivity index (χ3n) is 3.97. The molecule has 1 heterocycles. The fourth-order valence-electron chi connectivity index (χ4n) is 2.61. The van der Waals surface area contributed by atoms with Gasteiger partial charge >= 0.3 is 11.9 Å². The van der Waals surface area contributed by atoms with Gasteiger partial charge in [0.05, 0.1) is 11.6 Å². The van der Waals surface area contributed by atoms with Crippen molar-refractivity contribution in [3.05, 3.63) is 64.3 Å². The summed E-state index contributed by atoms with van der Waals surface area (Å²) >= 11 is 3.52. The highest BCUT2D eigenvalue weighted by molar-refractivity contribution is 9.10. The van der Waals surface area contributed by atoms with Crippen LogP contribution in [0.5, 0.6) is 5.75 Å². The van der Waals surface area contributed by atoms with Gasteiger partial charge in [-0.3, -0.25) is 0 Å². The van der Waals surface area contributed by atoms with Gasteiger partial charge in [-0.2, -0.15) is 0 Å². The second-order valence-corrected chi connectivity index (χ2v) is 6.72. The third-order valence-corrected chi connectivity index (χ3v) is 4.59. The number of aliphatic carboxylic acids is 2. The number of para-hydroxylation sites is 1. The second-order valence-electron chi connectivity index (χ2n) is 5.87. The zero-order chi connectivity index (χ0) is 20.5. The van der Waals surface area contributed by atoms with Gasteiger partial charge in [0.15, 0.2) is 0 Å². The number of rotatable bonds is 6. The predicted molar refractivity (Wildman–Crippen MR) is 110 cm³/mol. The fraction of sp³-hybridized carbons (Fsp3) is 0.200. The first-order valence-corrected chi connectivity index (χ1v) is 9.26. The number of benzene rings is 2. The minimum atomic E-state index is -1.82. The molecule has 0 aliphatic carbocycles. The Morgan fingerprint density at radius 2 is 1.86 bits per heavy atom. The molecule has 4 N–H and O–H groups in total. The van der Waals surface area contributed by atoms with Crippen LogP contribution in [0.3, 0.4) is 0 Å². The Bertz CT molecular complexity index is 943. The van der Waals surface area contributed by atoms with E-state index in [0.717, 1.165) is 29.7 Å². The molecule has 0 unspecified atom stereocenters. The number of halogens is 1. The highest BCUT2D eigenvalue weighted by Crippen LogP contribution is 2.25. The lowest BCUT2D eigenvalue weighted by molar-refractivity contribution is -0.159. The predicted octanol–water partition coefficient (Wildman–Crippen LogP) is 3.43. The van der Waals surface area contributed by atoms with Gasteiger partial charge in [-0.25, -0.2) is 9.59 Å². The van der Waals surface area contributed by atoms with Crippen molar-refractivity contribution in [3.8, 4) is 5.75 Å². The van der Waals surface area contributed by atoms with E-state index in [9.17, 15) is 0 Å². The van der Waals surface area contributed by atoms with Crippen LogP contribution in [-0.2, 0) is 22.6 Å². The van der Waals surface area contributed by atoms with Gasteiger partial charge in [0.1, 0.15) is 5.75 Å². The highest BCUT2D eigenvalue weighted by atomic mass is 79.9. The molecule has 2 aromatic carbocycles.